The van der Waals surface area contributed by atoms with E-state index in [1.165, 1.54) is 25.1 Å². The number of anilines is 1. The summed E-state index contributed by atoms with van der Waals surface area (Å²) in [6.45, 7) is 8.20. The molecule has 1 unspecified atom stereocenters. The molecular formula is C36H37Br2F6N7O5. The van der Waals surface area contributed by atoms with Crippen molar-refractivity contribution in [3.63, 3.8) is 0 Å². The lowest BCUT2D eigenvalue weighted by atomic mass is 9.97. The number of benzene rings is 1. The molecule has 1 saturated carbocycles. The summed E-state index contributed by atoms with van der Waals surface area (Å²) in [5, 5.41) is 3.99. The van der Waals surface area contributed by atoms with E-state index in [0.717, 1.165) is 32.2 Å². The minimum Gasteiger partial charge on any atom is -0.464 e. The summed E-state index contributed by atoms with van der Waals surface area (Å²) in [5.74, 6) is 1.01. The van der Waals surface area contributed by atoms with Gasteiger partial charge in [-0.3, -0.25) is 4.90 Å². The highest BCUT2D eigenvalue weighted by atomic mass is 79.9. The fourth-order valence-electron chi connectivity index (χ4n) is 6.67. The Bertz CT molecular complexity index is 2010. The number of hydrogen-bond acceptors (Lipinski definition) is 11. The maximum atomic E-state index is 13.6. The van der Waals surface area contributed by atoms with E-state index < -0.39 is 53.3 Å². The molecule has 20 heteroatoms. The Hall–Kier alpha value is -4.33. The Kier molecular flexibility index (Phi) is 13.3. The van der Waals surface area contributed by atoms with Crippen LogP contribution in [0.15, 0.2) is 44.3 Å². The molecule has 1 aromatic carbocycles. The molecule has 2 atom stereocenters. The Balaban J connectivity index is 0.000000427. The van der Waals surface area contributed by atoms with E-state index in [2.05, 4.69) is 56.6 Å². The molecule has 0 radical (unpaired) electrons. The molecule has 4 heterocycles. The molecule has 1 aliphatic heterocycles. The molecule has 0 spiro atoms. The normalized spacial score (nSPS) is 17.4. The Morgan fingerprint density at radius 1 is 1.00 bits per heavy atom. The third-order valence-corrected chi connectivity index (χ3v) is 10.4. The van der Waals surface area contributed by atoms with Crippen molar-refractivity contribution in [1.29, 1.82) is 0 Å². The van der Waals surface area contributed by atoms with Crippen molar-refractivity contribution in [2.75, 3.05) is 25.1 Å². The molecule has 12 nitrogen and oxygen atoms in total. The van der Waals surface area contributed by atoms with E-state index in [1.807, 2.05) is 6.92 Å². The van der Waals surface area contributed by atoms with Crippen LogP contribution in [0.3, 0.4) is 0 Å². The van der Waals surface area contributed by atoms with Crippen LogP contribution in [0.4, 0.5) is 37.0 Å². The first kappa shape index (κ1) is 42.8. The highest BCUT2D eigenvalue weighted by Gasteiger charge is 2.44. The molecule has 56 heavy (non-hydrogen) atoms. The van der Waals surface area contributed by atoms with E-state index in [1.54, 1.807) is 20.0 Å². The lowest BCUT2D eigenvalue weighted by Gasteiger charge is -2.29. The second-order valence-electron chi connectivity index (χ2n) is 13.2. The molecular weight excluding hydrogens is 884 g/mol. The van der Waals surface area contributed by atoms with Crippen LogP contribution in [-0.4, -0.2) is 68.3 Å². The second-order valence-corrected chi connectivity index (χ2v) is 14.8. The first-order valence-corrected chi connectivity index (χ1v) is 19.0. The van der Waals surface area contributed by atoms with Gasteiger partial charge < -0.3 is 18.9 Å². The summed E-state index contributed by atoms with van der Waals surface area (Å²) < 4.78 is 97.4. The van der Waals surface area contributed by atoms with Crippen LogP contribution in [0.2, 0.25) is 0 Å². The minimum atomic E-state index is -5.03. The number of aryl methyl sites for hydroxylation is 2. The number of alkyl halides is 6. The van der Waals surface area contributed by atoms with Crippen LogP contribution in [0.5, 0.6) is 0 Å². The van der Waals surface area contributed by atoms with Crippen LogP contribution in [0, 0.1) is 19.8 Å². The number of amides is 1. The number of rotatable bonds is 9. The number of esters is 1. The summed E-state index contributed by atoms with van der Waals surface area (Å²) in [5.41, 5.74) is -1.09. The van der Waals surface area contributed by atoms with Gasteiger partial charge in [-0.05, 0) is 102 Å². The molecule has 302 valence electrons. The van der Waals surface area contributed by atoms with E-state index in [-0.39, 0.29) is 18.3 Å². The van der Waals surface area contributed by atoms with Crippen molar-refractivity contribution < 1.29 is 49.9 Å². The van der Waals surface area contributed by atoms with Crippen molar-refractivity contribution in [2.45, 2.75) is 84.4 Å². The number of carbonyl (C=O) groups excluding carboxylic acids is 2. The number of halogens is 8. The second kappa shape index (κ2) is 17.4. The van der Waals surface area contributed by atoms with Crippen LogP contribution in [0.25, 0.3) is 11.3 Å². The SMILES string of the molecule is CCN(CC1CCCC1)c1ncc(-c2c(C)noc2C)nc1CN1C(=O)OC(c2cc(C(F)(F)F)cc(C(F)(F)F)c2)[C@@H]1C.COC(=O)c1nc(Br)cnc1Br. The number of cyclic esters (lactones) is 1. The molecule has 3 aromatic heterocycles. The number of carbonyl (C=O) groups is 2. The zero-order valence-electron chi connectivity index (χ0n) is 30.8. The monoisotopic (exact) mass is 919 g/mol. The predicted octanol–water partition coefficient (Wildman–Crippen LogP) is 9.67. The van der Waals surface area contributed by atoms with Gasteiger partial charge in [-0.25, -0.2) is 29.5 Å². The summed E-state index contributed by atoms with van der Waals surface area (Å²) >= 11 is 6.17. The van der Waals surface area contributed by atoms with Crippen molar-refractivity contribution in [3.8, 4) is 11.3 Å². The van der Waals surface area contributed by atoms with Crippen LogP contribution < -0.4 is 4.90 Å². The van der Waals surface area contributed by atoms with Gasteiger partial charge in [0.2, 0.25) is 0 Å². The predicted molar refractivity (Wildman–Crippen MR) is 196 cm³/mol. The molecule has 2 fully saturated rings. The summed E-state index contributed by atoms with van der Waals surface area (Å²) in [7, 11) is 1.29. The van der Waals surface area contributed by atoms with Gasteiger partial charge in [-0.2, -0.15) is 26.3 Å². The number of aromatic nitrogens is 5. The fraction of sp³-hybridized carbons (Fsp3) is 0.472. The van der Waals surface area contributed by atoms with E-state index in [9.17, 15) is 35.9 Å². The average molecular weight is 922 g/mol. The molecule has 0 bridgehead atoms. The van der Waals surface area contributed by atoms with Gasteiger partial charge in [0.25, 0.3) is 0 Å². The number of nitrogens with zero attached hydrogens (tertiary/aromatic N) is 7. The van der Waals surface area contributed by atoms with Gasteiger partial charge >= 0.3 is 24.4 Å². The standard InChI is InChI=1S/C30H33F6N5O3.C6H4Br2N2O2/c1-5-40(14-19-8-6-7-9-19)27-24(38-23(13-37-27)25-16(2)39-44-18(25)4)15-41-17(3)26(43-28(41)42)20-10-21(29(31,32)33)12-22(11-20)30(34,35)36;1-12-6(11)4-5(8)9-2-3(7)10-4/h10-13,17,19,26H,5-9,14-15H2,1-4H3;2H,1H3/t17-,26?;/m0./s1. The van der Waals surface area contributed by atoms with Crippen molar-refractivity contribution >= 4 is 49.7 Å². The van der Waals surface area contributed by atoms with Crippen LogP contribution in [0.1, 0.15) is 90.0 Å². The molecule has 0 N–H and O–H groups in total. The third-order valence-electron chi connectivity index (χ3n) is 9.47. The fourth-order valence-corrected chi connectivity index (χ4v) is 7.31. The van der Waals surface area contributed by atoms with Gasteiger partial charge in [-0.15, -0.1) is 0 Å². The zero-order chi connectivity index (χ0) is 41.1. The van der Waals surface area contributed by atoms with E-state index >= 15 is 0 Å². The topological polar surface area (TPSA) is 137 Å². The van der Waals surface area contributed by atoms with Crippen molar-refractivity contribution in [1.82, 2.24) is 30.0 Å². The Morgan fingerprint density at radius 2 is 1.64 bits per heavy atom. The van der Waals surface area contributed by atoms with Gasteiger partial charge in [0.1, 0.15) is 26.8 Å². The Labute approximate surface area is 334 Å². The molecule has 1 amide bonds. The maximum absolute atomic E-state index is 13.6. The molecule has 4 aromatic rings. The van der Waals surface area contributed by atoms with Gasteiger partial charge in [0.05, 0.1) is 60.2 Å². The first-order chi connectivity index (χ1) is 26.3. The molecule has 6 rings (SSSR count). The first-order valence-electron chi connectivity index (χ1n) is 17.4. The highest BCUT2D eigenvalue weighted by molar-refractivity contribution is 9.10. The minimum absolute atomic E-state index is 0.0501. The lowest BCUT2D eigenvalue weighted by Crippen LogP contribution is -2.35. The third kappa shape index (κ3) is 9.78. The quantitative estimate of drug-likeness (QED) is 0.117. The summed E-state index contributed by atoms with van der Waals surface area (Å²) in [6, 6.07) is 0.316. The maximum Gasteiger partial charge on any atom is 0.416 e. The number of ether oxygens (including phenoxy) is 2. The largest absolute Gasteiger partial charge is 0.464 e. The van der Waals surface area contributed by atoms with Gasteiger partial charge in [0.15, 0.2) is 11.5 Å². The van der Waals surface area contributed by atoms with E-state index in [4.69, 9.17) is 19.2 Å². The van der Waals surface area contributed by atoms with Crippen molar-refractivity contribution in [2.24, 2.45) is 5.92 Å². The summed E-state index contributed by atoms with van der Waals surface area (Å²) in [6.07, 6.45) is -4.77. The van der Waals surface area contributed by atoms with Crippen LogP contribution >= 0.6 is 31.9 Å². The Morgan fingerprint density at radius 3 is 2.20 bits per heavy atom. The molecule has 1 saturated heterocycles. The average Bonchev–Trinajstić information content (AvgIpc) is 3.86. The molecule has 2 aliphatic rings. The lowest BCUT2D eigenvalue weighted by molar-refractivity contribution is -0.143. The zero-order valence-corrected chi connectivity index (χ0v) is 33.9. The van der Waals surface area contributed by atoms with Gasteiger partial charge in [-0.1, -0.05) is 18.0 Å². The number of methoxy groups -OCH3 is 1. The number of hydrogen-bond donors (Lipinski definition) is 0. The van der Waals surface area contributed by atoms with Gasteiger partial charge in [0, 0.05) is 13.1 Å². The molecule has 1 aliphatic carbocycles. The highest BCUT2D eigenvalue weighted by Crippen LogP contribution is 2.41. The van der Waals surface area contributed by atoms with E-state index in [0.29, 0.717) is 68.0 Å². The summed E-state index contributed by atoms with van der Waals surface area (Å²) in [4.78, 5) is 44.8. The van der Waals surface area contributed by atoms with Crippen molar-refractivity contribution in [3.05, 3.63) is 79.3 Å². The smallest absolute Gasteiger partial charge is 0.416 e. The van der Waals surface area contributed by atoms with Crippen LogP contribution in [-0.2, 0) is 28.4 Å².